The van der Waals surface area contributed by atoms with Crippen molar-refractivity contribution in [2.24, 2.45) is 0 Å². The first-order valence-electron chi connectivity index (χ1n) is 6.91. The predicted molar refractivity (Wildman–Crippen MR) is 93.4 cm³/mol. The normalized spacial score (nSPS) is 11.4. The fraction of sp³-hybridized carbons (Fsp3) is 0.133. The number of rotatable bonds is 5. The van der Waals surface area contributed by atoms with Crippen molar-refractivity contribution in [3.05, 3.63) is 63.2 Å². The molecule has 132 valence electrons. The van der Waals surface area contributed by atoms with E-state index in [1.54, 1.807) is 0 Å². The lowest BCUT2D eigenvalue weighted by molar-refractivity contribution is -0.384. The third kappa shape index (κ3) is 4.13. The highest BCUT2D eigenvalue weighted by molar-refractivity contribution is 7.89. The molecule has 0 heterocycles. The molecule has 0 radical (unpaired) electrons. The summed E-state index contributed by atoms with van der Waals surface area (Å²) in [6.07, 6.45) is 0. The van der Waals surface area contributed by atoms with E-state index in [2.05, 4.69) is 5.32 Å². The van der Waals surface area contributed by atoms with Crippen LogP contribution in [0.5, 0.6) is 0 Å². The van der Waals surface area contributed by atoms with Crippen LogP contribution in [0.2, 0.25) is 5.02 Å². The number of nitrogens with one attached hydrogen (secondary N) is 1. The molecule has 0 fully saturated rings. The van der Waals surface area contributed by atoms with Crippen LogP contribution in [0.3, 0.4) is 0 Å². The van der Waals surface area contributed by atoms with Gasteiger partial charge >= 0.3 is 0 Å². The molecule has 1 amide bonds. The number of amides is 1. The van der Waals surface area contributed by atoms with Gasteiger partial charge in [-0.3, -0.25) is 14.9 Å². The quantitative estimate of drug-likeness (QED) is 0.630. The first-order valence-corrected chi connectivity index (χ1v) is 8.72. The summed E-state index contributed by atoms with van der Waals surface area (Å²) < 4.78 is 25.0. The Labute approximate surface area is 149 Å². The number of nitro benzene ring substituents is 1. The number of hydrogen-bond donors (Lipinski definition) is 1. The second kappa shape index (κ2) is 7.18. The predicted octanol–water partition coefficient (Wildman–Crippen LogP) is 2.75. The van der Waals surface area contributed by atoms with Gasteiger partial charge in [-0.05, 0) is 30.3 Å². The molecule has 2 rings (SSSR count). The van der Waals surface area contributed by atoms with Gasteiger partial charge in [-0.25, -0.2) is 12.7 Å². The van der Waals surface area contributed by atoms with Crippen LogP contribution < -0.4 is 5.32 Å². The molecule has 0 bridgehead atoms. The summed E-state index contributed by atoms with van der Waals surface area (Å²) in [4.78, 5) is 22.4. The van der Waals surface area contributed by atoms with Gasteiger partial charge in [0, 0.05) is 31.9 Å². The number of non-ortho nitro benzene ring substituents is 1. The number of sulfonamides is 1. The van der Waals surface area contributed by atoms with Crippen LogP contribution in [0.4, 0.5) is 11.4 Å². The minimum Gasteiger partial charge on any atom is -0.322 e. The molecule has 2 aromatic carbocycles. The van der Waals surface area contributed by atoms with E-state index in [9.17, 15) is 23.3 Å². The maximum absolute atomic E-state index is 12.2. The first kappa shape index (κ1) is 18.8. The summed E-state index contributed by atoms with van der Waals surface area (Å²) >= 11 is 5.90. The summed E-state index contributed by atoms with van der Waals surface area (Å²) in [7, 11) is -0.722. The maximum atomic E-state index is 12.2. The zero-order valence-electron chi connectivity index (χ0n) is 13.3. The molecule has 0 atom stereocenters. The smallest absolute Gasteiger partial charge is 0.270 e. The molecule has 0 unspecified atom stereocenters. The van der Waals surface area contributed by atoms with Crippen LogP contribution in [0.25, 0.3) is 0 Å². The third-order valence-electron chi connectivity index (χ3n) is 3.30. The highest BCUT2D eigenvalue weighted by Gasteiger charge is 2.18. The molecule has 0 aromatic heterocycles. The van der Waals surface area contributed by atoms with Crippen molar-refractivity contribution in [3.63, 3.8) is 0 Å². The van der Waals surface area contributed by atoms with Gasteiger partial charge in [0.2, 0.25) is 10.0 Å². The molecular weight excluding hydrogens is 370 g/mol. The van der Waals surface area contributed by atoms with Crippen LogP contribution >= 0.6 is 11.6 Å². The van der Waals surface area contributed by atoms with E-state index in [4.69, 9.17) is 11.6 Å². The SMILES string of the molecule is CN(C)S(=O)(=O)c1ccc(NC(=O)c2ccc([N+](=O)[O-])cc2Cl)cc1. The van der Waals surface area contributed by atoms with Crippen LogP contribution in [-0.4, -0.2) is 37.6 Å². The van der Waals surface area contributed by atoms with Crippen molar-refractivity contribution >= 4 is 38.9 Å². The minimum absolute atomic E-state index is 0.0569. The molecule has 0 aliphatic carbocycles. The Morgan fingerprint density at radius 2 is 1.76 bits per heavy atom. The fourth-order valence-corrected chi connectivity index (χ4v) is 3.08. The molecule has 8 nitrogen and oxygen atoms in total. The van der Waals surface area contributed by atoms with E-state index in [1.807, 2.05) is 0 Å². The molecule has 1 N–H and O–H groups in total. The highest BCUT2D eigenvalue weighted by atomic mass is 35.5. The molecular formula is C15H14ClN3O5S. The topological polar surface area (TPSA) is 110 Å². The van der Waals surface area contributed by atoms with Gasteiger partial charge in [0.05, 0.1) is 20.4 Å². The van der Waals surface area contributed by atoms with Crippen LogP contribution in [0.1, 0.15) is 10.4 Å². The number of hydrogen-bond acceptors (Lipinski definition) is 5. The summed E-state index contributed by atoms with van der Waals surface area (Å²) in [6.45, 7) is 0. The van der Waals surface area contributed by atoms with Gasteiger partial charge in [-0.1, -0.05) is 11.6 Å². The Hall–Kier alpha value is -2.49. The minimum atomic E-state index is -3.56. The van der Waals surface area contributed by atoms with Crippen LogP contribution in [0, 0.1) is 10.1 Å². The van der Waals surface area contributed by atoms with Gasteiger partial charge in [0.15, 0.2) is 0 Å². The highest BCUT2D eigenvalue weighted by Crippen LogP contribution is 2.24. The van der Waals surface area contributed by atoms with Crippen molar-refractivity contribution in [2.45, 2.75) is 4.90 Å². The summed E-state index contributed by atoms with van der Waals surface area (Å²) in [5, 5.41) is 13.2. The van der Waals surface area contributed by atoms with Gasteiger partial charge in [-0.15, -0.1) is 0 Å². The second-order valence-corrected chi connectivity index (χ2v) is 7.75. The van der Waals surface area contributed by atoms with E-state index in [0.717, 1.165) is 10.4 Å². The Bertz CT molecular complexity index is 927. The molecule has 2 aromatic rings. The average Bonchev–Trinajstić information content (AvgIpc) is 2.54. The lowest BCUT2D eigenvalue weighted by Crippen LogP contribution is -2.22. The molecule has 25 heavy (non-hydrogen) atoms. The van der Waals surface area contributed by atoms with Gasteiger partial charge in [-0.2, -0.15) is 0 Å². The van der Waals surface area contributed by atoms with Gasteiger partial charge in [0.1, 0.15) is 0 Å². The number of carbonyl (C=O) groups excluding carboxylic acids is 1. The number of carbonyl (C=O) groups is 1. The number of anilines is 1. The standard InChI is InChI=1S/C15H14ClN3O5S/c1-18(2)25(23,24)12-6-3-10(4-7-12)17-15(20)13-8-5-11(19(21)22)9-14(13)16/h3-9H,1-2H3,(H,17,20). The largest absolute Gasteiger partial charge is 0.322 e. The second-order valence-electron chi connectivity index (χ2n) is 5.19. The van der Waals surface area contributed by atoms with Gasteiger partial charge < -0.3 is 5.32 Å². The van der Waals surface area contributed by atoms with Crippen molar-refractivity contribution in [1.82, 2.24) is 4.31 Å². The number of halogens is 1. The third-order valence-corrected chi connectivity index (χ3v) is 5.44. The molecule has 0 saturated carbocycles. The fourth-order valence-electron chi connectivity index (χ4n) is 1.92. The Morgan fingerprint density at radius 1 is 1.16 bits per heavy atom. The monoisotopic (exact) mass is 383 g/mol. The van der Waals surface area contributed by atoms with E-state index in [1.165, 1.54) is 50.5 Å². The van der Waals surface area contributed by atoms with E-state index in [-0.39, 0.29) is 21.2 Å². The molecule has 0 spiro atoms. The molecule has 0 aliphatic rings. The van der Waals surface area contributed by atoms with Crippen molar-refractivity contribution < 1.29 is 18.1 Å². The number of benzene rings is 2. The lowest BCUT2D eigenvalue weighted by atomic mass is 10.2. The zero-order valence-corrected chi connectivity index (χ0v) is 14.8. The Morgan fingerprint density at radius 3 is 2.24 bits per heavy atom. The lowest BCUT2D eigenvalue weighted by Gasteiger charge is -2.12. The summed E-state index contributed by atoms with van der Waals surface area (Å²) in [5.74, 6) is -0.567. The van der Waals surface area contributed by atoms with E-state index in [0.29, 0.717) is 5.69 Å². The molecule has 0 saturated heterocycles. The zero-order chi connectivity index (χ0) is 18.8. The summed E-state index contributed by atoms with van der Waals surface area (Å²) in [5.41, 5.74) is 0.203. The van der Waals surface area contributed by atoms with Crippen molar-refractivity contribution in [2.75, 3.05) is 19.4 Å². The van der Waals surface area contributed by atoms with E-state index < -0.39 is 20.9 Å². The van der Waals surface area contributed by atoms with Crippen molar-refractivity contribution in [3.8, 4) is 0 Å². The first-order chi connectivity index (χ1) is 11.6. The Balaban J connectivity index is 2.20. The van der Waals surface area contributed by atoms with Crippen LogP contribution in [-0.2, 0) is 10.0 Å². The molecule has 10 heteroatoms. The molecule has 0 aliphatic heterocycles. The number of nitrogens with zero attached hydrogens (tertiary/aromatic N) is 2. The van der Waals surface area contributed by atoms with Gasteiger partial charge in [0.25, 0.3) is 11.6 Å². The average molecular weight is 384 g/mol. The maximum Gasteiger partial charge on any atom is 0.270 e. The van der Waals surface area contributed by atoms with Crippen LogP contribution in [0.15, 0.2) is 47.4 Å². The summed E-state index contributed by atoms with van der Waals surface area (Å²) in [6, 6.07) is 9.11. The number of nitro groups is 1. The Kier molecular flexibility index (Phi) is 5.41. The van der Waals surface area contributed by atoms with E-state index >= 15 is 0 Å². The van der Waals surface area contributed by atoms with Crippen molar-refractivity contribution in [1.29, 1.82) is 0 Å².